The summed E-state index contributed by atoms with van der Waals surface area (Å²) in [6.07, 6.45) is 1.16. The van der Waals surface area contributed by atoms with E-state index in [0.29, 0.717) is 36.3 Å². The summed E-state index contributed by atoms with van der Waals surface area (Å²) in [5.74, 6) is 0.750. The number of hydrogen-bond donors (Lipinski definition) is 2. The van der Waals surface area contributed by atoms with Crippen LogP contribution >= 0.6 is 11.8 Å². The van der Waals surface area contributed by atoms with Crippen LogP contribution in [0.5, 0.6) is 0 Å². The fraction of sp³-hybridized carbons (Fsp3) is 0.444. The van der Waals surface area contributed by atoms with Crippen molar-refractivity contribution in [2.75, 3.05) is 17.3 Å². The van der Waals surface area contributed by atoms with Crippen LogP contribution in [0.15, 0.2) is 40.0 Å². The number of hydrogen-bond acceptors (Lipinski definition) is 8. The molecule has 0 saturated carbocycles. The number of benzene rings is 1. The van der Waals surface area contributed by atoms with Crippen LogP contribution in [0.4, 0.5) is 4.79 Å². The second kappa shape index (κ2) is 9.88. The highest BCUT2D eigenvalue weighted by molar-refractivity contribution is 7.99. The molecule has 0 bridgehead atoms. The number of amides is 3. The fourth-order valence-corrected chi connectivity index (χ4v) is 5.48. The number of nitrogens with zero attached hydrogens (tertiary/aromatic N) is 2. The van der Waals surface area contributed by atoms with Gasteiger partial charge in [0.25, 0.3) is 5.22 Å². The van der Waals surface area contributed by atoms with E-state index >= 15 is 0 Å². The summed E-state index contributed by atoms with van der Waals surface area (Å²) in [6.45, 7) is 0.335. The van der Waals surface area contributed by atoms with Gasteiger partial charge >= 0.3 is 6.03 Å². The molecule has 1 aliphatic heterocycles. The molecule has 0 unspecified atom stereocenters. The maximum Gasteiger partial charge on any atom is 0.321 e. The number of nitrogens with one attached hydrogen (secondary N) is 2. The third-order valence-corrected chi connectivity index (χ3v) is 7.00. The van der Waals surface area contributed by atoms with Crippen molar-refractivity contribution in [3.05, 3.63) is 41.8 Å². The third-order valence-electron chi connectivity index (χ3n) is 4.34. The van der Waals surface area contributed by atoms with Gasteiger partial charge in [-0.2, -0.15) is 0 Å². The van der Waals surface area contributed by atoms with E-state index in [2.05, 4.69) is 20.8 Å². The molecule has 0 spiro atoms. The predicted molar refractivity (Wildman–Crippen MR) is 107 cm³/mol. The summed E-state index contributed by atoms with van der Waals surface area (Å²) < 4.78 is 28.5. The van der Waals surface area contributed by atoms with E-state index in [0.717, 1.165) is 5.56 Å². The van der Waals surface area contributed by atoms with Gasteiger partial charge in [0.05, 0.1) is 11.5 Å². The zero-order valence-electron chi connectivity index (χ0n) is 15.7. The van der Waals surface area contributed by atoms with Gasteiger partial charge in [0, 0.05) is 25.1 Å². The summed E-state index contributed by atoms with van der Waals surface area (Å²) in [4.78, 5) is 23.6. The van der Waals surface area contributed by atoms with Crippen molar-refractivity contribution in [3.8, 4) is 0 Å². The van der Waals surface area contributed by atoms with Crippen molar-refractivity contribution in [1.29, 1.82) is 0 Å². The van der Waals surface area contributed by atoms with E-state index in [-0.39, 0.29) is 23.8 Å². The number of carbonyl (C=O) groups excluding carboxylic acids is 2. The monoisotopic (exact) mass is 438 g/mol. The first kappa shape index (κ1) is 21.3. The van der Waals surface area contributed by atoms with E-state index in [1.54, 1.807) is 0 Å². The number of aromatic nitrogens is 2. The first-order chi connectivity index (χ1) is 13.9. The molecular weight excluding hydrogens is 416 g/mol. The molecule has 0 radical (unpaired) electrons. The van der Waals surface area contributed by atoms with Gasteiger partial charge in [-0.25, -0.2) is 13.2 Å². The van der Waals surface area contributed by atoms with Crippen molar-refractivity contribution in [3.63, 3.8) is 0 Å². The molecule has 29 heavy (non-hydrogen) atoms. The Kier molecular flexibility index (Phi) is 7.26. The maximum atomic E-state index is 11.8. The second-order valence-electron chi connectivity index (χ2n) is 6.75. The minimum Gasteiger partial charge on any atom is -0.416 e. The van der Waals surface area contributed by atoms with Crippen molar-refractivity contribution < 1.29 is 22.4 Å². The number of sulfone groups is 1. The smallest absolute Gasteiger partial charge is 0.321 e. The van der Waals surface area contributed by atoms with Gasteiger partial charge in [0.15, 0.2) is 9.84 Å². The molecule has 1 atom stereocenters. The van der Waals surface area contributed by atoms with Gasteiger partial charge < -0.3 is 9.73 Å². The number of carbonyl (C=O) groups is 2. The third kappa shape index (κ3) is 7.17. The van der Waals surface area contributed by atoms with Crippen LogP contribution in [-0.4, -0.2) is 47.8 Å². The first-order valence-electron chi connectivity index (χ1n) is 9.17. The molecular formula is C18H22N4O5S2. The Morgan fingerprint density at radius 1 is 1.21 bits per heavy atom. The van der Waals surface area contributed by atoms with E-state index in [1.165, 1.54) is 11.8 Å². The molecule has 11 heteroatoms. The lowest BCUT2D eigenvalue weighted by Gasteiger charge is -2.06. The minimum absolute atomic E-state index is 0.0125. The van der Waals surface area contributed by atoms with Crippen LogP contribution in [0, 0.1) is 5.92 Å². The Hall–Kier alpha value is -2.40. The van der Waals surface area contributed by atoms with E-state index < -0.39 is 21.8 Å². The molecule has 2 aromatic rings. The second-order valence-corrected chi connectivity index (χ2v) is 10.0. The molecule has 1 fully saturated rings. The van der Waals surface area contributed by atoms with Gasteiger partial charge in [-0.1, -0.05) is 42.1 Å². The van der Waals surface area contributed by atoms with Gasteiger partial charge in [0.2, 0.25) is 11.8 Å². The van der Waals surface area contributed by atoms with Gasteiger partial charge in [-0.05, 0) is 17.9 Å². The lowest BCUT2D eigenvalue weighted by Crippen LogP contribution is -2.39. The SMILES string of the molecule is O=C(CCSc1nnc(C[C@@H]2CCS(=O)(=O)C2)o1)NC(=O)NCc1ccccc1. The zero-order valence-corrected chi connectivity index (χ0v) is 17.3. The average molecular weight is 439 g/mol. The summed E-state index contributed by atoms with van der Waals surface area (Å²) in [5.41, 5.74) is 0.938. The molecule has 156 valence electrons. The average Bonchev–Trinajstić information content (AvgIpc) is 3.26. The Bertz CT molecular complexity index is 946. The van der Waals surface area contributed by atoms with Crippen LogP contribution in [-0.2, 0) is 27.6 Å². The minimum atomic E-state index is -2.93. The molecule has 9 nitrogen and oxygen atoms in total. The lowest BCUT2D eigenvalue weighted by atomic mass is 10.1. The van der Waals surface area contributed by atoms with E-state index in [4.69, 9.17) is 4.42 Å². The summed E-state index contributed by atoms with van der Waals surface area (Å²) >= 11 is 1.21. The molecule has 2 N–H and O–H groups in total. The summed E-state index contributed by atoms with van der Waals surface area (Å²) in [5, 5.41) is 13.0. The summed E-state index contributed by atoms with van der Waals surface area (Å²) in [6, 6.07) is 8.84. The van der Waals surface area contributed by atoms with Crippen LogP contribution in [0.3, 0.4) is 0 Å². The molecule has 3 rings (SSSR count). The molecule has 0 aliphatic carbocycles. The molecule has 1 aromatic carbocycles. The molecule has 1 saturated heterocycles. The lowest BCUT2D eigenvalue weighted by molar-refractivity contribution is -0.119. The highest BCUT2D eigenvalue weighted by atomic mass is 32.2. The Balaban J connectivity index is 1.33. The van der Waals surface area contributed by atoms with Gasteiger partial charge in [-0.15, -0.1) is 10.2 Å². The maximum absolute atomic E-state index is 11.8. The standard InChI is InChI=1S/C18H22N4O5S2/c23-15(20-17(24)19-11-13-4-2-1-3-5-13)6-8-28-18-22-21-16(27-18)10-14-7-9-29(25,26)12-14/h1-5,14H,6-12H2,(H2,19,20,23,24)/t14-/m0/s1. The van der Waals surface area contributed by atoms with Crippen LogP contribution in [0.1, 0.15) is 24.3 Å². The Morgan fingerprint density at radius 3 is 2.72 bits per heavy atom. The Labute approximate surface area is 173 Å². The highest BCUT2D eigenvalue weighted by Crippen LogP contribution is 2.24. The Morgan fingerprint density at radius 2 is 2.00 bits per heavy atom. The van der Waals surface area contributed by atoms with Crippen molar-refractivity contribution in [2.24, 2.45) is 5.92 Å². The van der Waals surface area contributed by atoms with Crippen molar-refractivity contribution in [2.45, 2.75) is 31.0 Å². The predicted octanol–water partition coefficient (Wildman–Crippen LogP) is 1.56. The fourth-order valence-electron chi connectivity index (χ4n) is 2.90. The molecule has 1 aromatic heterocycles. The topological polar surface area (TPSA) is 131 Å². The van der Waals surface area contributed by atoms with E-state index in [9.17, 15) is 18.0 Å². The van der Waals surface area contributed by atoms with Crippen LogP contribution in [0.25, 0.3) is 0 Å². The number of thioether (sulfide) groups is 1. The highest BCUT2D eigenvalue weighted by Gasteiger charge is 2.29. The molecule has 3 amide bonds. The number of rotatable bonds is 8. The zero-order chi connectivity index (χ0) is 20.7. The van der Waals surface area contributed by atoms with Crippen LogP contribution in [0.2, 0.25) is 0 Å². The summed E-state index contributed by atoms with van der Waals surface area (Å²) in [7, 11) is -2.93. The largest absolute Gasteiger partial charge is 0.416 e. The quantitative estimate of drug-likeness (QED) is 0.594. The van der Waals surface area contributed by atoms with Crippen molar-refractivity contribution >= 4 is 33.5 Å². The van der Waals surface area contributed by atoms with E-state index in [1.807, 2.05) is 30.3 Å². The van der Waals surface area contributed by atoms with Gasteiger partial charge in [0.1, 0.15) is 0 Å². The number of urea groups is 1. The van der Waals surface area contributed by atoms with Crippen molar-refractivity contribution in [1.82, 2.24) is 20.8 Å². The number of imide groups is 1. The molecule has 1 aliphatic rings. The normalized spacial score (nSPS) is 17.7. The van der Waals surface area contributed by atoms with Crippen LogP contribution < -0.4 is 10.6 Å². The first-order valence-corrected chi connectivity index (χ1v) is 12.0. The molecule has 2 heterocycles. The van der Waals surface area contributed by atoms with Gasteiger partial charge in [-0.3, -0.25) is 10.1 Å².